The lowest BCUT2D eigenvalue weighted by atomic mass is 9.77. The van der Waals surface area contributed by atoms with Crippen molar-refractivity contribution >= 4 is 12.0 Å². The smallest absolute Gasteiger partial charge is 0.404 e. The van der Waals surface area contributed by atoms with Crippen LogP contribution in [0.15, 0.2) is 12.1 Å². The van der Waals surface area contributed by atoms with E-state index in [0.29, 0.717) is 36.3 Å². The molecule has 2 amide bonds. The first-order chi connectivity index (χ1) is 11.7. The molecule has 10 N–H and O–H groups in total. The Kier molecular flexibility index (Phi) is 4.31. The molecule has 9 nitrogen and oxygen atoms in total. The van der Waals surface area contributed by atoms with Gasteiger partial charge in [0.2, 0.25) is 5.91 Å². The van der Waals surface area contributed by atoms with Crippen molar-refractivity contribution in [3.05, 3.63) is 28.8 Å². The minimum atomic E-state index is -1.17. The molecule has 1 aromatic carbocycles. The zero-order chi connectivity index (χ0) is 18.4. The number of carbonyl (C=O) groups excluding carboxylic acids is 2. The van der Waals surface area contributed by atoms with E-state index in [1.54, 1.807) is 12.1 Å². The molecule has 0 fully saturated rings. The number of amides is 2. The van der Waals surface area contributed by atoms with Gasteiger partial charge in [0.05, 0.1) is 24.9 Å². The Balaban J connectivity index is 1.90. The lowest BCUT2D eigenvalue weighted by Gasteiger charge is -2.39. The summed E-state index contributed by atoms with van der Waals surface area (Å²) in [4.78, 5) is 22.2. The standard InChI is InChI=1S/C16H23N5O4/c17-13-9-4-8(14(18)22)5-10-11(9)12(16(13,20)21)7(6-25-10)2-1-3-24-15(19)23/h4-5,7,12-13H,1-3,6,17,20-21H2,(H2,18,22)(H2,19,23). The molecule has 3 atom stereocenters. The summed E-state index contributed by atoms with van der Waals surface area (Å²) in [7, 11) is 0. The number of rotatable bonds is 5. The number of ether oxygens (including phenoxy) is 2. The summed E-state index contributed by atoms with van der Waals surface area (Å²) in [6.45, 7) is 0.589. The van der Waals surface area contributed by atoms with Gasteiger partial charge in [0.25, 0.3) is 0 Å². The van der Waals surface area contributed by atoms with Crippen molar-refractivity contribution < 1.29 is 19.1 Å². The first-order valence-electron chi connectivity index (χ1n) is 8.09. The predicted molar refractivity (Wildman–Crippen MR) is 89.5 cm³/mol. The van der Waals surface area contributed by atoms with Gasteiger partial charge in [0.15, 0.2) is 0 Å². The highest BCUT2D eigenvalue weighted by molar-refractivity contribution is 5.94. The van der Waals surface area contributed by atoms with Crippen molar-refractivity contribution in [3.8, 4) is 5.75 Å². The molecule has 136 valence electrons. The molecular weight excluding hydrogens is 326 g/mol. The van der Waals surface area contributed by atoms with Crippen molar-refractivity contribution in [2.75, 3.05) is 13.2 Å². The molecule has 0 aromatic heterocycles. The number of hydrogen-bond donors (Lipinski definition) is 5. The van der Waals surface area contributed by atoms with Gasteiger partial charge in [-0.1, -0.05) is 0 Å². The van der Waals surface area contributed by atoms with Crippen LogP contribution in [0.4, 0.5) is 4.79 Å². The third-order valence-electron chi connectivity index (χ3n) is 5.07. The fourth-order valence-electron chi connectivity index (χ4n) is 3.92. The van der Waals surface area contributed by atoms with E-state index in [2.05, 4.69) is 0 Å². The summed E-state index contributed by atoms with van der Waals surface area (Å²) < 4.78 is 10.6. The maximum atomic E-state index is 11.5. The van der Waals surface area contributed by atoms with Gasteiger partial charge in [-0.25, -0.2) is 4.79 Å². The highest BCUT2D eigenvalue weighted by Gasteiger charge is 2.53. The van der Waals surface area contributed by atoms with Crippen molar-refractivity contribution in [2.45, 2.75) is 30.5 Å². The first kappa shape index (κ1) is 17.5. The van der Waals surface area contributed by atoms with E-state index in [1.807, 2.05) is 0 Å². The van der Waals surface area contributed by atoms with E-state index in [1.165, 1.54) is 0 Å². The fraction of sp³-hybridized carbons (Fsp3) is 0.500. The van der Waals surface area contributed by atoms with Crippen LogP contribution in [-0.4, -0.2) is 30.9 Å². The van der Waals surface area contributed by atoms with Crippen LogP contribution in [0.3, 0.4) is 0 Å². The van der Waals surface area contributed by atoms with Crippen LogP contribution in [0, 0.1) is 5.92 Å². The second-order valence-corrected chi connectivity index (χ2v) is 6.68. The lowest BCUT2D eigenvalue weighted by Crippen LogP contribution is -2.60. The van der Waals surface area contributed by atoms with Crippen LogP contribution >= 0.6 is 0 Å². The third kappa shape index (κ3) is 2.90. The molecule has 1 aliphatic carbocycles. The maximum absolute atomic E-state index is 11.5. The van der Waals surface area contributed by atoms with Crippen LogP contribution in [0.25, 0.3) is 0 Å². The van der Waals surface area contributed by atoms with Crippen molar-refractivity contribution in [1.29, 1.82) is 0 Å². The number of hydrogen-bond acceptors (Lipinski definition) is 7. The summed E-state index contributed by atoms with van der Waals surface area (Å²) >= 11 is 0. The van der Waals surface area contributed by atoms with Gasteiger partial charge in [-0.15, -0.1) is 0 Å². The van der Waals surface area contributed by atoms with Gasteiger partial charge >= 0.3 is 6.09 Å². The van der Waals surface area contributed by atoms with Crippen molar-refractivity contribution in [1.82, 2.24) is 0 Å². The SMILES string of the molecule is NC(=O)OCCCC1COc2cc(C(N)=O)cc3c2C1C(N)(N)C3N. The number of benzene rings is 1. The maximum Gasteiger partial charge on any atom is 0.404 e. The molecule has 0 bridgehead atoms. The summed E-state index contributed by atoms with van der Waals surface area (Å²) in [5.74, 6) is -0.236. The molecule has 3 rings (SSSR count). The molecule has 1 heterocycles. The van der Waals surface area contributed by atoms with Crippen LogP contribution in [0.2, 0.25) is 0 Å². The predicted octanol–water partition coefficient (Wildman–Crippen LogP) is -0.620. The quantitative estimate of drug-likeness (QED) is 0.346. The zero-order valence-corrected chi connectivity index (χ0v) is 13.7. The normalized spacial score (nSPS) is 25.8. The highest BCUT2D eigenvalue weighted by atomic mass is 16.5. The number of nitrogens with two attached hydrogens (primary N) is 5. The largest absolute Gasteiger partial charge is 0.493 e. The summed E-state index contributed by atoms with van der Waals surface area (Å²) in [5.41, 5.74) is 30.0. The molecular formula is C16H23N5O4. The van der Waals surface area contributed by atoms with E-state index >= 15 is 0 Å². The van der Waals surface area contributed by atoms with E-state index < -0.39 is 23.7 Å². The number of primary amides is 2. The molecule has 0 saturated carbocycles. The molecule has 2 aliphatic rings. The molecule has 1 aliphatic heterocycles. The first-order valence-corrected chi connectivity index (χ1v) is 8.09. The molecule has 0 radical (unpaired) electrons. The second kappa shape index (κ2) is 6.17. The Bertz CT molecular complexity index is 721. The molecule has 3 unspecified atom stereocenters. The van der Waals surface area contributed by atoms with E-state index in [4.69, 9.17) is 38.1 Å². The van der Waals surface area contributed by atoms with Crippen LogP contribution in [0.1, 0.15) is 46.3 Å². The van der Waals surface area contributed by atoms with Crippen LogP contribution in [0.5, 0.6) is 5.75 Å². The lowest BCUT2D eigenvalue weighted by molar-refractivity contribution is 0.0998. The summed E-state index contributed by atoms with van der Waals surface area (Å²) in [5, 5.41) is 0. The Hall–Kier alpha value is -2.36. The monoisotopic (exact) mass is 349 g/mol. The van der Waals surface area contributed by atoms with Gasteiger partial charge in [-0.05, 0) is 30.5 Å². The fourth-order valence-corrected chi connectivity index (χ4v) is 3.92. The van der Waals surface area contributed by atoms with Crippen LogP contribution in [-0.2, 0) is 4.74 Å². The highest BCUT2D eigenvalue weighted by Crippen LogP contribution is 2.54. The summed E-state index contributed by atoms with van der Waals surface area (Å²) in [6.07, 6.45) is 0.474. The zero-order valence-electron chi connectivity index (χ0n) is 13.7. The Morgan fingerprint density at radius 3 is 2.64 bits per heavy atom. The molecule has 1 aromatic rings. The van der Waals surface area contributed by atoms with Crippen LogP contribution < -0.4 is 33.4 Å². The molecule has 0 spiro atoms. The minimum Gasteiger partial charge on any atom is -0.493 e. The Morgan fingerprint density at radius 2 is 2.00 bits per heavy atom. The minimum absolute atomic E-state index is 0.00528. The Labute approximate surface area is 144 Å². The third-order valence-corrected chi connectivity index (χ3v) is 5.07. The molecule has 9 heteroatoms. The second-order valence-electron chi connectivity index (χ2n) is 6.68. The van der Waals surface area contributed by atoms with Gasteiger partial charge in [-0.2, -0.15) is 0 Å². The van der Waals surface area contributed by atoms with Gasteiger partial charge < -0.3 is 38.1 Å². The number of carbonyl (C=O) groups is 2. The van der Waals surface area contributed by atoms with Gasteiger partial charge in [0.1, 0.15) is 5.75 Å². The van der Waals surface area contributed by atoms with Crippen molar-refractivity contribution in [3.63, 3.8) is 0 Å². The van der Waals surface area contributed by atoms with E-state index in [9.17, 15) is 9.59 Å². The average Bonchev–Trinajstić information content (AvgIpc) is 2.75. The molecule has 25 heavy (non-hydrogen) atoms. The van der Waals surface area contributed by atoms with Crippen molar-refractivity contribution in [2.24, 2.45) is 34.6 Å². The topological polar surface area (TPSA) is 183 Å². The summed E-state index contributed by atoms with van der Waals surface area (Å²) in [6, 6.07) is 2.60. The average molecular weight is 349 g/mol. The van der Waals surface area contributed by atoms with E-state index in [-0.39, 0.29) is 18.4 Å². The van der Waals surface area contributed by atoms with Gasteiger partial charge in [0, 0.05) is 23.0 Å². The Morgan fingerprint density at radius 1 is 1.28 bits per heavy atom. The van der Waals surface area contributed by atoms with E-state index in [0.717, 1.165) is 5.56 Å². The van der Waals surface area contributed by atoms with Gasteiger partial charge in [-0.3, -0.25) is 4.79 Å². The molecule has 0 saturated heterocycles.